The van der Waals surface area contributed by atoms with Gasteiger partial charge >= 0.3 is 0 Å². The first-order chi connectivity index (χ1) is 6.86. The van der Waals surface area contributed by atoms with Gasteiger partial charge in [-0.05, 0) is 0 Å². The van der Waals surface area contributed by atoms with Gasteiger partial charge in [-0.3, -0.25) is 4.90 Å². The maximum absolute atomic E-state index is 8.65. The molecule has 0 spiro atoms. The molecule has 1 aliphatic rings. The van der Waals surface area contributed by atoms with Gasteiger partial charge in [0.1, 0.15) is 0 Å². The normalized spacial score (nSPS) is 23.3. The van der Waals surface area contributed by atoms with Crippen LogP contribution < -0.4 is 0 Å². The van der Waals surface area contributed by atoms with Crippen LogP contribution in [0.25, 0.3) is 0 Å². The first-order valence-corrected chi connectivity index (χ1v) is 4.79. The molecule has 0 radical (unpaired) electrons. The molecule has 0 amide bonds. The number of hydrogen-bond donors (Lipinski definition) is 1. The molecule has 1 heterocycles. The Morgan fingerprint density at radius 3 is 3.14 bits per heavy atom. The van der Waals surface area contributed by atoms with Crippen molar-refractivity contribution in [2.75, 3.05) is 46.1 Å². The number of ether oxygens (including phenoxy) is 2. The van der Waals surface area contributed by atoms with Crippen LogP contribution >= 0.6 is 0 Å². The summed E-state index contributed by atoms with van der Waals surface area (Å²) in [5.74, 6) is 0. The molecule has 1 atom stereocenters. The van der Waals surface area contributed by atoms with Crippen molar-refractivity contribution in [2.45, 2.75) is 6.10 Å². The van der Waals surface area contributed by atoms with Crippen molar-refractivity contribution in [3.63, 3.8) is 0 Å². The average Bonchev–Trinajstić information content (AvgIpc) is 2.25. The third-order valence-corrected chi connectivity index (χ3v) is 2.08. The molecule has 5 heteroatoms. The molecule has 1 N–H and O–H groups in total. The molecular formula is C9H16N2O3. The molecule has 80 valence electrons. The fourth-order valence-electron chi connectivity index (χ4n) is 1.34. The number of hydrogen-bond acceptors (Lipinski definition) is 5. The van der Waals surface area contributed by atoms with E-state index < -0.39 is 0 Å². The van der Waals surface area contributed by atoms with Gasteiger partial charge in [-0.25, -0.2) is 0 Å². The topological polar surface area (TPSA) is 65.7 Å². The number of nitrogens with zero attached hydrogens (tertiary/aromatic N) is 2. The van der Waals surface area contributed by atoms with E-state index >= 15 is 0 Å². The zero-order valence-electron chi connectivity index (χ0n) is 8.19. The molecule has 0 aromatic heterocycles. The molecule has 0 saturated carbocycles. The largest absolute Gasteiger partial charge is 0.394 e. The molecule has 1 fully saturated rings. The summed E-state index contributed by atoms with van der Waals surface area (Å²) in [4.78, 5) is 2.13. The lowest BCUT2D eigenvalue weighted by molar-refractivity contribution is -0.0126. The number of aliphatic hydroxyl groups is 1. The van der Waals surface area contributed by atoms with Gasteiger partial charge in [0.25, 0.3) is 0 Å². The molecule has 5 nitrogen and oxygen atoms in total. The summed E-state index contributed by atoms with van der Waals surface area (Å²) in [6.45, 7) is 3.94. The summed E-state index contributed by atoms with van der Waals surface area (Å²) >= 11 is 0. The Morgan fingerprint density at radius 2 is 2.43 bits per heavy atom. The minimum absolute atomic E-state index is 0.0595. The van der Waals surface area contributed by atoms with Crippen LogP contribution in [0.15, 0.2) is 0 Å². The summed E-state index contributed by atoms with van der Waals surface area (Å²) in [5.41, 5.74) is 0. The predicted molar refractivity (Wildman–Crippen MR) is 49.7 cm³/mol. The minimum Gasteiger partial charge on any atom is -0.394 e. The smallest absolute Gasteiger partial charge is 0.156 e. The van der Waals surface area contributed by atoms with Crippen LogP contribution in [0.1, 0.15) is 0 Å². The Hall–Kier alpha value is -0.670. The molecule has 0 aromatic carbocycles. The molecule has 14 heavy (non-hydrogen) atoms. The van der Waals surface area contributed by atoms with Gasteiger partial charge in [-0.1, -0.05) is 0 Å². The number of nitriles is 1. The zero-order valence-corrected chi connectivity index (χ0v) is 8.19. The van der Waals surface area contributed by atoms with Crippen molar-refractivity contribution in [3.05, 3.63) is 0 Å². The van der Waals surface area contributed by atoms with Crippen molar-refractivity contribution in [2.24, 2.45) is 0 Å². The predicted octanol–water partition coefficient (Wildman–Crippen LogP) is -0.780. The fourth-order valence-corrected chi connectivity index (χ4v) is 1.34. The highest BCUT2D eigenvalue weighted by atomic mass is 16.5. The number of rotatable bonds is 5. The highest BCUT2D eigenvalue weighted by Gasteiger charge is 2.18. The Labute approximate surface area is 83.8 Å². The van der Waals surface area contributed by atoms with Crippen molar-refractivity contribution >= 4 is 0 Å². The summed E-state index contributed by atoms with van der Waals surface area (Å²) < 4.78 is 10.3. The fraction of sp³-hybridized carbons (Fsp3) is 0.889. The summed E-state index contributed by atoms with van der Waals surface area (Å²) in [5, 5.41) is 17.1. The van der Waals surface area contributed by atoms with E-state index in [-0.39, 0.29) is 12.7 Å². The van der Waals surface area contributed by atoms with Crippen LogP contribution in [0, 0.1) is 11.3 Å². The molecule has 0 bridgehead atoms. The zero-order chi connectivity index (χ0) is 10.2. The molecular weight excluding hydrogens is 184 g/mol. The lowest BCUT2D eigenvalue weighted by Gasteiger charge is -2.29. The van der Waals surface area contributed by atoms with Gasteiger partial charge in [0.2, 0.25) is 0 Å². The molecule has 1 rings (SSSR count). The molecule has 1 unspecified atom stereocenters. The van der Waals surface area contributed by atoms with E-state index in [2.05, 4.69) is 11.0 Å². The second kappa shape index (κ2) is 6.74. The van der Waals surface area contributed by atoms with Crippen LogP contribution in [0.2, 0.25) is 0 Å². The van der Waals surface area contributed by atoms with E-state index in [4.69, 9.17) is 19.8 Å². The lowest BCUT2D eigenvalue weighted by Crippen LogP contribution is -2.43. The Morgan fingerprint density at radius 1 is 1.57 bits per heavy atom. The van der Waals surface area contributed by atoms with E-state index in [1.54, 1.807) is 0 Å². The SMILES string of the molecule is N#CC1CN(CCOCCO)CCO1. The van der Waals surface area contributed by atoms with Crippen molar-refractivity contribution < 1.29 is 14.6 Å². The van der Waals surface area contributed by atoms with Crippen molar-refractivity contribution in [1.29, 1.82) is 5.26 Å². The Balaban J connectivity index is 2.09. The van der Waals surface area contributed by atoms with E-state index in [0.717, 1.165) is 13.1 Å². The minimum atomic E-state index is -0.304. The van der Waals surface area contributed by atoms with Crippen LogP contribution in [-0.2, 0) is 9.47 Å². The third-order valence-electron chi connectivity index (χ3n) is 2.08. The van der Waals surface area contributed by atoms with E-state index in [0.29, 0.717) is 26.4 Å². The molecule has 1 saturated heterocycles. The van der Waals surface area contributed by atoms with Gasteiger partial charge in [-0.15, -0.1) is 0 Å². The third kappa shape index (κ3) is 4.03. The van der Waals surface area contributed by atoms with Gasteiger partial charge in [0, 0.05) is 19.6 Å². The molecule has 0 aromatic rings. The maximum atomic E-state index is 8.65. The van der Waals surface area contributed by atoms with Gasteiger partial charge in [-0.2, -0.15) is 5.26 Å². The first kappa shape index (κ1) is 11.4. The number of morpholine rings is 1. The van der Waals surface area contributed by atoms with Crippen LogP contribution in [-0.4, -0.2) is 62.2 Å². The Kier molecular flexibility index (Phi) is 5.49. The quantitative estimate of drug-likeness (QED) is 0.590. The molecule has 0 aliphatic carbocycles. The summed E-state index contributed by atoms with van der Waals surface area (Å²) in [6.07, 6.45) is -0.304. The van der Waals surface area contributed by atoms with Crippen LogP contribution in [0.3, 0.4) is 0 Å². The number of aliphatic hydroxyl groups excluding tert-OH is 1. The van der Waals surface area contributed by atoms with Gasteiger partial charge in [0.05, 0.1) is 32.5 Å². The first-order valence-electron chi connectivity index (χ1n) is 4.79. The summed E-state index contributed by atoms with van der Waals surface area (Å²) in [6, 6.07) is 2.09. The van der Waals surface area contributed by atoms with E-state index in [1.165, 1.54) is 0 Å². The standard InChI is InChI=1S/C9H16N2O3/c10-7-9-8-11(2-5-14-9)1-4-13-6-3-12/h9,12H,1-6,8H2. The lowest BCUT2D eigenvalue weighted by atomic mass is 10.3. The van der Waals surface area contributed by atoms with Gasteiger partial charge < -0.3 is 14.6 Å². The van der Waals surface area contributed by atoms with Gasteiger partial charge in [0.15, 0.2) is 6.10 Å². The van der Waals surface area contributed by atoms with Crippen molar-refractivity contribution in [3.8, 4) is 6.07 Å². The average molecular weight is 200 g/mol. The molecule has 1 aliphatic heterocycles. The maximum Gasteiger partial charge on any atom is 0.156 e. The van der Waals surface area contributed by atoms with Crippen LogP contribution in [0.4, 0.5) is 0 Å². The van der Waals surface area contributed by atoms with E-state index in [1.807, 2.05) is 0 Å². The van der Waals surface area contributed by atoms with Crippen molar-refractivity contribution in [1.82, 2.24) is 4.90 Å². The Bertz CT molecular complexity index is 193. The highest BCUT2D eigenvalue weighted by Crippen LogP contribution is 2.03. The second-order valence-corrected chi connectivity index (χ2v) is 3.13. The van der Waals surface area contributed by atoms with Crippen LogP contribution in [0.5, 0.6) is 0 Å². The monoisotopic (exact) mass is 200 g/mol. The summed E-state index contributed by atoms with van der Waals surface area (Å²) in [7, 11) is 0. The van der Waals surface area contributed by atoms with E-state index in [9.17, 15) is 0 Å². The second-order valence-electron chi connectivity index (χ2n) is 3.13. The highest BCUT2D eigenvalue weighted by molar-refractivity contribution is 4.89.